The standard InChI is InChI=1S/C14H30PSi2/c1-11-12(2)14(17(8,9)10)15(3,4)13(11)16(5,6)7/h1-10H3/q+1. The monoisotopic (exact) mass is 285 g/mol. The van der Waals surface area contributed by atoms with Crippen LogP contribution >= 0.6 is 7.26 Å². The maximum Gasteiger partial charge on any atom is 0.123 e. The molecule has 98 valence electrons. The predicted molar refractivity (Wildman–Crippen MR) is 90.9 cm³/mol. The van der Waals surface area contributed by atoms with Gasteiger partial charge in [0.2, 0.25) is 0 Å². The van der Waals surface area contributed by atoms with Gasteiger partial charge in [0.1, 0.15) is 16.1 Å². The average molecular weight is 286 g/mol. The van der Waals surface area contributed by atoms with Gasteiger partial charge in [-0.15, -0.1) is 0 Å². The van der Waals surface area contributed by atoms with E-state index in [1.165, 1.54) is 0 Å². The first-order valence-electron chi connectivity index (χ1n) is 6.59. The van der Waals surface area contributed by atoms with E-state index in [2.05, 4.69) is 66.5 Å². The lowest BCUT2D eigenvalue weighted by atomic mass is 10.2. The van der Waals surface area contributed by atoms with E-state index in [9.17, 15) is 0 Å². The highest BCUT2D eigenvalue weighted by Crippen LogP contribution is 2.75. The van der Waals surface area contributed by atoms with Gasteiger partial charge in [-0.25, -0.2) is 0 Å². The maximum atomic E-state index is 2.58. The highest BCUT2D eigenvalue weighted by Gasteiger charge is 2.53. The van der Waals surface area contributed by atoms with Crippen LogP contribution in [0.2, 0.25) is 39.3 Å². The van der Waals surface area contributed by atoms with Crippen LogP contribution in [0.5, 0.6) is 0 Å². The zero-order chi connectivity index (χ0) is 13.8. The van der Waals surface area contributed by atoms with Gasteiger partial charge in [-0.2, -0.15) is 0 Å². The third-order valence-electron chi connectivity index (χ3n) is 3.81. The molecule has 1 heterocycles. The van der Waals surface area contributed by atoms with Crippen molar-refractivity contribution in [2.24, 2.45) is 0 Å². The molecule has 0 saturated heterocycles. The van der Waals surface area contributed by atoms with Gasteiger partial charge >= 0.3 is 0 Å². The summed E-state index contributed by atoms with van der Waals surface area (Å²) in [7, 11) is -3.34. The van der Waals surface area contributed by atoms with Gasteiger partial charge in [-0.1, -0.05) is 39.3 Å². The molecule has 0 saturated carbocycles. The smallest absolute Gasteiger partial charge is 0.0625 e. The fraction of sp³-hybridized carbons (Fsp3) is 0.714. The maximum absolute atomic E-state index is 2.58. The molecule has 0 radical (unpaired) electrons. The molecule has 1 rings (SSSR count). The second-order valence-corrected chi connectivity index (χ2v) is 22.5. The molecule has 0 aromatic rings. The van der Waals surface area contributed by atoms with Gasteiger partial charge < -0.3 is 0 Å². The fourth-order valence-electron chi connectivity index (χ4n) is 4.11. The summed E-state index contributed by atoms with van der Waals surface area (Å²) in [6.07, 6.45) is 0. The van der Waals surface area contributed by atoms with E-state index < -0.39 is 23.4 Å². The number of hydrogen-bond acceptors (Lipinski definition) is 0. The Bertz CT molecular complexity index is 363. The first-order chi connectivity index (χ1) is 7.31. The summed E-state index contributed by atoms with van der Waals surface area (Å²) in [6, 6.07) is 0. The summed E-state index contributed by atoms with van der Waals surface area (Å²) in [5, 5.41) is 0. The Morgan fingerprint density at radius 2 is 0.882 bits per heavy atom. The van der Waals surface area contributed by atoms with Crippen molar-refractivity contribution in [1.29, 1.82) is 0 Å². The van der Waals surface area contributed by atoms with E-state index >= 15 is 0 Å². The largest absolute Gasteiger partial charge is 0.123 e. The quantitative estimate of drug-likeness (QED) is 0.459. The van der Waals surface area contributed by atoms with Crippen molar-refractivity contribution < 1.29 is 0 Å². The van der Waals surface area contributed by atoms with Gasteiger partial charge in [0.15, 0.2) is 0 Å². The molecular formula is C14H30PSi2+. The Hall–Kier alpha value is 0.344. The van der Waals surface area contributed by atoms with Crippen molar-refractivity contribution in [3.63, 3.8) is 0 Å². The molecule has 0 atom stereocenters. The molecule has 1 aliphatic heterocycles. The van der Waals surface area contributed by atoms with Crippen molar-refractivity contribution in [1.82, 2.24) is 0 Å². The van der Waals surface area contributed by atoms with E-state index in [1.54, 1.807) is 11.1 Å². The van der Waals surface area contributed by atoms with E-state index in [0.29, 0.717) is 0 Å². The van der Waals surface area contributed by atoms with Crippen LogP contribution in [-0.2, 0) is 0 Å². The van der Waals surface area contributed by atoms with Gasteiger partial charge in [0.05, 0.1) is 30.5 Å². The lowest BCUT2D eigenvalue weighted by Crippen LogP contribution is -2.30. The lowest BCUT2D eigenvalue weighted by molar-refractivity contribution is 1.35. The van der Waals surface area contributed by atoms with Crippen LogP contribution in [0.4, 0.5) is 0 Å². The Labute approximate surface area is 111 Å². The molecule has 0 aliphatic carbocycles. The molecule has 0 amide bonds. The number of allylic oxidation sites excluding steroid dienone is 2. The summed E-state index contributed by atoms with van der Waals surface area (Å²) >= 11 is 0. The molecule has 1 aliphatic rings. The van der Waals surface area contributed by atoms with Crippen molar-refractivity contribution in [3.05, 3.63) is 21.0 Å². The molecule has 0 fully saturated rings. The summed E-state index contributed by atoms with van der Waals surface area (Å²) in [6.45, 7) is 25.1. The molecule has 17 heavy (non-hydrogen) atoms. The summed E-state index contributed by atoms with van der Waals surface area (Å²) in [5.74, 6) is 0. The number of hydrogen-bond donors (Lipinski definition) is 0. The molecule has 0 spiro atoms. The van der Waals surface area contributed by atoms with Crippen LogP contribution < -0.4 is 0 Å². The summed E-state index contributed by atoms with van der Waals surface area (Å²) < 4.78 is 0. The minimum atomic E-state index is -1.18. The van der Waals surface area contributed by atoms with Crippen molar-refractivity contribution in [2.45, 2.75) is 53.1 Å². The third-order valence-corrected chi connectivity index (χ3v) is 17.7. The number of rotatable bonds is 2. The van der Waals surface area contributed by atoms with Crippen molar-refractivity contribution >= 4 is 23.4 Å². The molecule has 0 aromatic carbocycles. The van der Waals surface area contributed by atoms with Gasteiger partial charge in [0, 0.05) is 0 Å². The Morgan fingerprint density at radius 1 is 0.647 bits per heavy atom. The first-order valence-corrected chi connectivity index (χ1v) is 16.3. The molecular weight excluding hydrogens is 255 g/mol. The minimum absolute atomic E-state index is 0.986. The Balaban J connectivity index is 3.49. The van der Waals surface area contributed by atoms with Crippen molar-refractivity contribution in [2.75, 3.05) is 13.3 Å². The molecule has 0 nitrogen and oxygen atoms in total. The third kappa shape index (κ3) is 2.55. The molecule has 0 N–H and O–H groups in total. The minimum Gasteiger partial charge on any atom is -0.0625 e. The molecule has 0 unspecified atom stereocenters. The van der Waals surface area contributed by atoms with E-state index in [1.807, 2.05) is 9.87 Å². The van der Waals surface area contributed by atoms with E-state index in [-0.39, 0.29) is 0 Å². The molecule has 0 bridgehead atoms. The van der Waals surface area contributed by atoms with Crippen LogP contribution in [0, 0.1) is 0 Å². The van der Waals surface area contributed by atoms with Crippen LogP contribution in [0.1, 0.15) is 13.8 Å². The highest BCUT2D eigenvalue weighted by atomic mass is 31.2. The first kappa shape index (κ1) is 15.4. The Kier molecular flexibility index (Phi) is 3.79. The van der Waals surface area contributed by atoms with Gasteiger partial charge in [0.25, 0.3) is 0 Å². The van der Waals surface area contributed by atoms with Crippen LogP contribution in [-0.4, -0.2) is 29.5 Å². The van der Waals surface area contributed by atoms with Crippen LogP contribution in [0.15, 0.2) is 21.0 Å². The average Bonchev–Trinajstić information content (AvgIpc) is 2.13. The van der Waals surface area contributed by atoms with Crippen LogP contribution in [0.3, 0.4) is 0 Å². The normalized spacial score (nSPS) is 21.5. The fourth-order valence-corrected chi connectivity index (χ4v) is 23.4. The van der Waals surface area contributed by atoms with Gasteiger partial charge in [-0.05, 0) is 25.0 Å². The second kappa shape index (κ2) is 4.18. The zero-order valence-corrected chi connectivity index (χ0v) is 16.3. The molecule has 3 heteroatoms. The SMILES string of the molecule is CC1=C([Si](C)(C)C)[P+](C)(C)C([Si](C)(C)C)=C1C. The lowest BCUT2D eigenvalue weighted by Gasteiger charge is -2.32. The summed E-state index contributed by atoms with van der Waals surface area (Å²) in [5.41, 5.74) is 3.33. The van der Waals surface area contributed by atoms with Gasteiger partial charge in [-0.3, -0.25) is 0 Å². The topological polar surface area (TPSA) is 0 Å². The summed E-state index contributed by atoms with van der Waals surface area (Å²) in [4.78, 5) is 3.81. The van der Waals surface area contributed by atoms with Crippen LogP contribution in [0.25, 0.3) is 0 Å². The van der Waals surface area contributed by atoms with E-state index in [4.69, 9.17) is 0 Å². The molecule has 0 aromatic heterocycles. The predicted octanol–water partition coefficient (Wildman–Crippen LogP) is 5.58. The van der Waals surface area contributed by atoms with Crippen molar-refractivity contribution in [3.8, 4) is 0 Å². The second-order valence-electron chi connectivity index (χ2n) is 7.90. The van der Waals surface area contributed by atoms with E-state index in [0.717, 1.165) is 0 Å². The highest BCUT2D eigenvalue weighted by molar-refractivity contribution is 7.88. The Morgan fingerprint density at radius 3 is 1.00 bits per heavy atom. The zero-order valence-electron chi connectivity index (χ0n) is 13.4.